The Morgan fingerprint density at radius 1 is 1.35 bits per heavy atom. The van der Waals surface area contributed by atoms with E-state index < -0.39 is 0 Å². The molecule has 0 radical (unpaired) electrons. The van der Waals surface area contributed by atoms with Gasteiger partial charge in [-0.05, 0) is 31.0 Å². The predicted octanol–water partition coefficient (Wildman–Crippen LogP) is 1.63. The summed E-state index contributed by atoms with van der Waals surface area (Å²) >= 11 is 3.32. The molecule has 1 aliphatic rings. The van der Waals surface area contributed by atoms with Gasteiger partial charge in [-0.15, -0.1) is 0 Å². The highest BCUT2D eigenvalue weighted by molar-refractivity contribution is 9.10. The van der Waals surface area contributed by atoms with Crippen molar-refractivity contribution in [3.63, 3.8) is 0 Å². The molecule has 1 heterocycles. The first-order valence-electron chi connectivity index (χ1n) is 6.59. The third kappa shape index (κ3) is 3.12. The molecule has 0 aliphatic carbocycles. The van der Waals surface area contributed by atoms with E-state index in [0.717, 1.165) is 4.47 Å². The van der Waals surface area contributed by atoms with Crippen molar-refractivity contribution in [3.05, 3.63) is 28.2 Å². The minimum atomic E-state index is -0.0645. The Hall–Kier alpha value is -1.56. The molecule has 0 spiro atoms. The Morgan fingerprint density at radius 2 is 2.00 bits per heavy atom. The van der Waals surface area contributed by atoms with Crippen LogP contribution in [0.4, 0.5) is 5.69 Å². The number of nitrogens with two attached hydrogens (primary N) is 1. The highest BCUT2D eigenvalue weighted by atomic mass is 79.9. The summed E-state index contributed by atoms with van der Waals surface area (Å²) in [6, 6.07) is 5.26. The maximum atomic E-state index is 12.4. The number of nitrogen functional groups attached to an aromatic ring is 1. The normalized spacial score (nSPS) is 16.0. The fraction of sp³-hybridized carbons (Fsp3) is 0.429. The van der Waals surface area contributed by atoms with E-state index in [2.05, 4.69) is 21.2 Å². The maximum Gasteiger partial charge on any atom is 0.255 e. The average Bonchev–Trinajstić information content (AvgIpc) is 2.46. The van der Waals surface area contributed by atoms with Crippen LogP contribution < -0.4 is 11.1 Å². The number of piperidine rings is 1. The summed E-state index contributed by atoms with van der Waals surface area (Å²) in [5.41, 5.74) is 6.87. The minimum Gasteiger partial charge on any atom is -0.398 e. The van der Waals surface area contributed by atoms with Gasteiger partial charge < -0.3 is 16.0 Å². The van der Waals surface area contributed by atoms with E-state index in [1.165, 1.54) is 0 Å². The molecule has 1 saturated heterocycles. The molecule has 0 saturated carbocycles. The second-order valence-electron chi connectivity index (χ2n) is 4.91. The van der Waals surface area contributed by atoms with Gasteiger partial charge >= 0.3 is 0 Å². The van der Waals surface area contributed by atoms with Crippen LogP contribution in [0.2, 0.25) is 0 Å². The summed E-state index contributed by atoms with van der Waals surface area (Å²) < 4.78 is 0.852. The van der Waals surface area contributed by atoms with Gasteiger partial charge in [0.15, 0.2) is 0 Å². The van der Waals surface area contributed by atoms with E-state index in [4.69, 9.17) is 5.73 Å². The van der Waals surface area contributed by atoms with Crippen LogP contribution in [0.25, 0.3) is 0 Å². The number of benzene rings is 1. The number of hydrogen-bond acceptors (Lipinski definition) is 3. The number of rotatable bonds is 2. The van der Waals surface area contributed by atoms with Gasteiger partial charge in [0.2, 0.25) is 5.91 Å². The first-order chi connectivity index (χ1) is 9.52. The maximum absolute atomic E-state index is 12.4. The molecule has 1 fully saturated rings. The van der Waals surface area contributed by atoms with Gasteiger partial charge in [-0.25, -0.2) is 0 Å². The van der Waals surface area contributed by atoms with Gasteiger partial charge in [-0.3, -0.25) is 9.59 Å². The third-order valence-corrected chi connectivity index (χ3v) is 4.14. The molecule has 5 nitrogen and oxygen atoms in total. The number of carbonyl (C=O) groups is 2. The standard InChI is InChI=1S/C14H18BrN3O2/c1-17-13(19)9-4-6-18(7-5-9)14(20)11-3-2-10(15)8-12(11)16/h2-3,8-9H,4-7,16H2,1H3,(H,17,19). The predicted molar refractivity (Wildman–Crippen MR) is 81.2 cm³/mol. The van der Waals surface area contributed by atoms with Crippen molar-refractivity contribution in [2.45, 2.75) is 12.8 Å². The van der Waals surface area contributed by atoms with Crippen molar-refractivity contribution in [3.8, 4) is 0 Å². The summed E-state index contributed by atoms with van der Waals surface area (Å²) in [5.74, 6) is -0.00285. The second kappa shape index (κ2) is 6.26. The molecular weight excluding hydrogens is 322 g/mol. The molecule has 108 valence electrons. The number of anilines is 1. The smallest absolute Gasteiger partial charge is 0.255 e. The first-order valence-corrected chi connectivity index (χ1v) is 7.38. The van der Waals surface area contributed by atoms with Gasteiger partial charge in [-0.1, -0.05) is 15.9 Å². The molecule has 1 aliphatic heterocycles. The van der Waals surface area contributed by atoms with Crippen LogP contribution in [0, 0.1) is 5.92 Å². The summed E-state index contributed by atoms with van der Waals surface area (Å²) in [6.07, 6.45) is 1.39. The van der Waals surface area contributed by atoms with Gasteiger partial charge in [0.05, 0.1) is 5.56 Å². The lowest BCUT2D eigenvalue weighted by molar-refractivity contribution is -0.125. The highest BCUT2D eigenvalue weighted by Gasteiger charge is 2.27. The van der Waals surface area contributed by atoms with Gasteiger partial charge in [0.1, 0.15) is 0 Å². The monoisotopic (exact) mass is 339 g/mol. The summed E-state index contributed by atoms with van der Waals surface area (Å²) in [5, 5.41) is 2.66. The molecule has 2 amide bonds. The quantitative estimate of drug-likeness (QED) is 0.804. The molecule has 20 heavy (non-hydrogen) atoms. The number of nitrogens with zero attached hydrogens (tertiary/aromatic N) is 1. The first kappa shape index (κ1) is 14.8. The summed E-state index contributed by atoms with van der Waals surface area (Å²) in [7, 11) is 1.64. The van der Waals surface area contributed by atoms with Crippen LogP contribution in [-0.4, -0.2) is 36.9 Å². The number of halogens is 1. The zero-order valence-electron chi connectivity index (χ0n) is 11.4. The Morgan fingerprint density at radius 3 is 2.55 bits per heavy atom. The van der Waals surface area contributed by atoms with Crippen LogP contribution in [0.1, 0.15) is 23.2 Å². The van der Waals surface area contributed by atoms with Crippen molar-refractivity contribution in [2.24, 2.45) is 5.92 Å². The molecule has 0 aromatic heterocycles. The Kier molecular flexibility index (Phi) is 4.65. The molecular formula is C14H18BrN3O2. The molecule has 6 heteroatoms. The fourth-order valence-electron chi connectivity index (χ4n) is 2.45. The van der Waals surface area contributed by atoms with E-state index in [-0.39, 0.29) is 17.7 Å². The molecule has 1 aromatic rings. The molecule has 1 aromatic carbocycles. The van der Waals surface area contributed by atoms with E-state index >= 15 is 0 Å². The lowest BCUT2D eigenvalue weighted by atomic mass is 9.95. The number of hydrogen-bond donors (Lipinski definition) is 2. The lowest BCUT2D eigenvalue weighted by Gasteiger charge is -2.31. The van der Waals surface area contributed by atoms with Gasteiger partial charge in [0, 0.05) is 36.2 Å². The lowest BCUT2D eigenvalue weighted by Crippen LogP contribution is -2.42. The van der Waals surface area contributed by atoms with Crippen molar-refractivity contribution in [1.29, 1.82) is 0 Å². The van der Waals surface area contributed by atoms with Gasteiger partial charge in [0.25, 0.3) is 5.91 Å². The largest absolute Gasteiger partial charge is 0.398 e. The summed E-state index contributed by atoms with van der Waals surface area (Å²) in [6.45, 7) is 1.18. The molecule has 0 unspecified atom stereocenters. The van der Waals surface area contributed by atoms with Crippen molar-refractivity contribution in [2.75, 3.05) is 25.9 Å². The van der Waals surface area contributed by atoms with Crippen molar-refractivity contribution < 1.29 is 9.59 Å². The highest BCUT2D eigenvalue weighted by Crippen LogP contribution is 2.23. The zero-order chi connectivity index (χ0) is 14.7. The van der Waals surface area contributed by atoms with Crippen LogP contribution in [0.15, 0.2) is 22.7 Å². The van der Waals surface area contributed by atoms with E-state index in [1.807, 2.05) is 0 Å². The van der Waals surface area contributed by atoms with Crippen molar-refractivity contribution >= 4 is 33.4 Å². The number of amides is 2. The van der Waals surface area contributed by atoms with Gasteiger partial charge in [-0.2, -0.15) is 0 Å². The molecule has 0 atom stereocenters. The minimum absolute atomic E-state index is 0.00585. The number of nitrogens with one attached hydrogen (secondary N) is 1. The SMILES string of the molecule is CNC(=O)C1CCN(C(=O)c2ccc(Br)cc2N)CC1. The van der Waals surface area contributed by atoms with Crippen LogP contribution in [0.5, 0.6) is 0 Å². The van der Waals surface area contributed by atoms with Crippen LogP contribution in [-0.2, 0) is 4.79 Å². The number of likely N-dealkylation sites (tertiary alicyclic amines) is 1. The topological polar surface area (TPSA) is 75.4 Å². The van der Waals surface area contributed by atoms with E-state index in [9.17, 15) is 9.59 Å². The molecule has 2 rings (SSSR count). The molecule has 3 N–H and O–H groups in total. The van der Waals surface area contributed by atoms with Crippen LogP contribution >= 0.6 is 15.9 Å². The van der Waals surface area contributed by atoms with E-state index in [1.54, 1.807) is 30.1 Å². The van der Waals surface area contributed by atoms with E-state index in [0.29, 0.717) is 37.2 Å². The Balaban J connectivity index is 2.03. The fourth-order valence-corrected chi connectivity index (χ4v) is 2.83. The Bertz CT molecular complexity index is 525. The molecule has 0 bridgehead atoms. The van der Waals surface area contributed by atoms with Crippen LogP contribution in [0.3, 0.4) is 0 Å². The second-order valence-corrected chi connectivity index (χ2v) is 5.83. The summed E-state index contributed by atoms with van der Waals surface area (Å²) in [4.78, 5) is 25.7. The Labute approximate surface area is 126 Å². The zero-order valence-corrected chi connectivity index (χ0v) is 12.9. The third-order valence-electron chi connectivity index (χ3n) is 3.64. The number of carbonyl (C=O) groups excluding carboxylic acids is 2. The van der Waals surface area contributed by atoms with Crippen molar-refractivity contribution in [1.82, 2.24) is 10.2 Å². The average molecular weight is 340 g/mol.